The lowest BCUT2D eigenvalue weighted by Gasteiger charge is -2.06. The van der Waals surface area contributed by atoms with Gasteiger partial charge >= 0.3 is 0 Å². The smallest absolute Gasteiger partial charge is 0.146 e. The van der Waals surface area contributed by atoms with E-state index in [0.29, 0.717) is 5.82 Å². The van der Waals surface area contributed by atoms with Gasteiger partial charge in [0.1, 0.15) is 5.82 Å². The highest BCUT2D eigenvalue weighted by Gasteiger charge is 2.04. The zero-order chi connectivity index (χ0) is 11.0. The number of nitrogens with zero attached hydrogens (tertiary/aromatic N) is 2. The summed E-state index contributed by atoms with van der Waals surface area (Å²) in [4.78, 5) is 0. The number of hydrogen-bond acceptors (Lipinski definition) is 2. The van der Waals surface area contributed by atoms with Gasteiger partial charge in [-0.15, -0.1) is 0 Å². The fraction of sp³-hybridized carbons (Fsp3) is 0.250. The molecule has 0 saturated heterocycles. The molecule has 0 fully saturated rings. The monoisotopic (exact) mass is 201 g/mol. The summed E-state index contributed by atoms with van der Waals surface area (Å²) in [6, 6.07) is 8.22. The predicted molar refractivity (Wildman–Crippen MR) is 62.2 cm³/mol. The van der Waals surface area contributed by atoms with Crippen molar-refractivity contribution in [2.24, 2.45) is 0 Å². The molecule has 3 heteroatoms. The van der Waals surface area contributed by atoms with Crippen molar-refractivity contribution in [3.63, 3.8) is 0 Å². The highest BCUT2D eigenvalue weighted by molar-refractivity contribution is 5.42. The van der Waals surface area contributed by atoms with E-state index in [-0.39, 0.29) is 0 Å². The molecule has 0 amide bonds. The zero-order valence-corrected chi connectivity index (χ0v) is 9.28. The van der Waals surface area contributed by atoms with Crippen LogP contribution in [0, 0.1) is 20.8 Å². The lowest BCUT2D eigenvalue weighted by atomic mass is 10.1. The van der Waals surface area contributed by atoms with Crippen LogP contribution < -0.4 is 5.73 Å². The number of rotatable bonds is 1. The Morgan fingerprint density at radius 2 is 1.60 bits per heavy atom. The molecular formula is C12H15N3. The average Bonchev–Trinajstić information content (AvgIpc) is 2.43. The number of aromatic nitrogens is 2. The summed E-state index contributed by atoms with van der Waals surface area (Å²) in [5.74, 6) is 0.562. The van der Waals surface area contributed by atoms with Gasteiger partial charge < -0.3 is 5.73 Å². The maximum absolute atomic E-state index is 5.66. The van der Waals surface area contributed by atoms with Crippen LogP contribution in [0.25, 0.3) is 5.69 Å². The van der Waals surface area contributed by atoms with Gasteiger partial charge in [0.05, 0.1) is 5.69 Å². The summed E-state index contributed by atoms with van der Waals surface area (Å²) in [5, 5.41) is 4.26. The maximum atomic E-state index is 5.66. The Bertz CT molecular complexity index is 477. The first kappa shape index (κ1) is 9.77. The minimum atomic E-state index is 0.562. The van der Waals surface area contributed by atoms with E-state index in [2.05, 4.69) is 37.1 Å². The number of hydrogen-bond donors (Lipinski definition) is 1. The van der Waals surface area contributed by atoms with Crippen LogP contribution in [0.4, 0.5) is 5.82 Å². The average molecular weight is 201 g/mol. The summed E-state index contributed by atoms with van der Waals surface area (Å²) in [7, 11) is 0. The van der Waals surface area contributed by atoms with Gasteiger partial charge in [0.25, 0.3) is 0 Å². The van der Waals surface area contributed by atoms with Gasteiger partial charge in [0, 0.05) is 11.8 Å². The minimum Gasteiger partial charge on any atom is -0.382 e. The fourth-order valence-electron chi connectivity index (χ4n) is 1.83. The number of nitrogens with two attached hydrogens (primary N) is 1. The maximum Gasteiger partial charge on any atom is 0.146 e. The molecule has 2 rings (SSSR count). The third-order valence-electron chi connectivity index (χ3n) is 2.36. The van der Waals surface area contributed by atoms with Crippen molar-refractivity contribution in [1.29, 1.82) is 0 Å². The highest BCUT2D eigenvalue weighted by Crippen LogP contribution is 2.16. The lowest BCUT2D eigenvalue weighted by Crippen LogP contribution is -2.00. The molecule has 1 aromatic carbocycles. The van der Waals surface area contributed by atoms with Crippen LogP contribution in [0.3, 0.4) is 0 Å². The number of aryl methyl sites for hydroxylation is 3. The largest absolute Gasteiger partial charge is 0.382 e. The summed E-state index contributed by atoms with van der Waals surface area (Å²) in [6.07, 6.45) is 0. The molecule has 3 nitrogen and oxygen atoms in total. The van der Waals surface area contributed by atoms with Crippen molar-refractivity contribution in [2.45, 2.75) is 20.8 Å². The Labute approximate surface area is 89.5 Å². The molecule has 2 aromatic rings. The molecule has 2 N–H and O–H groups in total. The number of anilines is 1. The van der Waals surface area contributed by atoms with Crippen LogP contribution in [0.1, 0.15) is 16.8 Å². The van der Waals surface area contributed by atoms with Crippen molar-refractivity contribution in [3.05, 3.63) is 41.1 Å². The van der Waals surface area contributed by atoms with Crippen molar-refractivity contribution < 1.29 is 0 Å². The molecule has 0 aliphatic carbocycles. The van der Waals surface area contributed by atoms with E-state index >= 15 is 0 Å². The standard InChI is InChI=1S/C12H15N3/c1-8-4-9(2)6-11(5-8)15-10(3)7-12(13)14-15/h4-7H,1-3H3,(H2,13,14). The van der Waals surface area contributed by atoms with E-state index in [4.69, 9.17) is 5.73 Å². The molecular weight excluding hydrogens is 186 g/mol. The number of nitrogen functional groups attached to an aromatic ring is 1. The van der Waals surface area contributed by atoms with Crippen LogP contribution >= 0.6 is 0 Å². The van der Waals surface area contributed by atoms with E-state index in [9.17, 15) is 0 Å². The minimum absolute atomic E-state index is 0.562. The van der Waals surface area contributed by atoms with E-state index in [1.54, 1.807) is 0 Å². The van der Waals surface area contributed by atoms with Crippen LogP contribution in [0.15, 0.2) is 24.3 Å². The molecule has 15 heavy (non-hydrogen) atoms. The second kappa shape index (κ2) is 3.42. The lowest BCUT2D eigenvalue weighted by molar-refractivity contribution is 0.849. The summed E-state index contributed by atoms with van der Waals surface area (Å²) in [5.41, 5.74) is 10.3. The second-order valence-electron chi connectivity index (χ2n) is 3.97. The molecule has 1 aromatic heterocycles. The first-order chi connectivity index (χ1) is 7.06. The van der Waals surface area contributed by atoms with E-state index in [1.807, 2.05) is 17.7 Å². The van der Waals surface area contributed by atoms with Gasteiger partial charge in [-0.25, -0.2) is 4.68 Å². The molecule has 1 heterocycles. The van der Waals surface area contributed by atoms with Crippen LogP contribution in [-0.4, -0.2) is 9.78 Å². The summed E-state index contributed by atoms with van der Waals surface area (Å²) >= 11 is 0. The molecule has 0 spiro atoms. The molecule has 0 aliphatic heterocycles. The van der Waals surface area contributed by atoms with Gasteiger partial charge in [-0.3, -0.25) is 0 Å². The molecule has 0 bridgehead atoms. The van der Waals surface area contributed by atoms with Crippen LogP contribution in [0.2, 0.25) is 0 Å². The molecule has 0 aliphatic rings. The highest BCUT2D eigenvalue weighted by atomic mass is 15.3. The van der Waals surface area contributed by atoms with Gasteiger partial charge in [-0.1, -0.05) is 6.07 Å². The molecule has 0 unspecified atom stereocenters. The summed E-state index contributed by atoms with van der Waals surface area (Å²) < 4.78 is 1.87. The SMILES string of the molecule is Cc1cc(C)cc(-n2nc(N)cc2C)c1. The van der Waals surface area contributed by atoms with Crippen molar-refractivity contribution in [2.75, 3.05) is 5.73 Å². The third kappa shape index (κ3) is 1.86. The van der Waals surface area contributed by atoms with E-state index in [1.165, 1.54) is 11.1 Å². The van der Waals surface area contributed by atoms with Gasteiger partial charge in [0.15, 0.2) is 0 Å². The van der Waals surface area contributed by atoms with Crippen molar-refractivity contribution in [1.82, 2.24) is 9.78 Å². The topological polar surface area (TPSA) is 43.8 Å². The predicted octanol–water partition coefficient (Wildman–Crippen LogP) is 2.38. The molecule has 0 saturated carbocycles. The first-order valence-electron chi connectivity index (χ1n) is 4.97. The first-order valence-corrected chi connectivity index (χ1v) is 4.97. The normalized spacial score (nSPS) is 10.6. The molecule has 0 atom stereocenters. The Balaban J connectivity index is 2.58. The Kier molecular flexibility index (Phi) is 2.23. The quantitative estimate of drug-likeness (QED) is 0.769. The van der Waals surface area contributed by atoms with Crippen molar-refractivity contribution in [3.8, 4) is 5.69 Å². The van der Waals surface area contributed by atoms with E-state index < -0.39 is 0 Å². The third-order valence-corrected chi connectivity index (χ3v) is 2.36. The number of benzene rings is 1. The van der Waals surface area contributed by atoms with Gasteiger partial charge in [-0.2, -0.15) is 5.10 Å². The second-order valence-corrected chi connectivity index (χ2v) is 3.97. The Hall–Kier alpha value is -1.77. The van der Waals surface area contributed by atoms with Crippen molar-refractivity contribution >= 4 is 5.82 Å². The zero-order valence-electron chi connectivity index (χ0n) is 9.28. The molecule has 78 valence electrons. The summed E-state index contributed by atoms with van der Waals surface area (Å²) in [6.45, 7) is 6.17. The van der Waals surface area contributed by atoms with Crippen LogP contribution in [-0.2, 0) is 0 Å². The molecule has 0 radical (unpaired) electrons. The Morgan fingerprint density at radius 1 is 1.00 bits per heavy atom. The van der Waals surface area contributed by atoms with Gasteiger partial charge in [0.2, 0.25) is 0 Å². The van der Waals surface area contributed by atoms with Gasteiger partial charge in [-0.05, 0) is 44.0 Å². The Morgan fingerprint density at radius 3 is 2.07 bits per heavy atom. The fourth-order valence-corrected chi connectivity index (χ4v) is 1.83. The van der Waals surface area contributed by atoms with Crippen LogP contribution in [0.5, 0.6) is 0 Å². The van der Waals surface area contributed by atoms with E-state index in [0.717, 1.165) is 11.4 Å².